The first-order valence-corrected chi connectivity index (χ1v) is 5.83. The average Bonchev–Trinajstić information content (AvgIpc) is 2.99. The van der Waals surface area contributed by atoms with Crippen LogP contribution in [0.15, 0.2) is 11.3 Å². The molecule has 0 spiro atoms. The lowest BCUT2D eigenvalue weighted by molar-refractivity contribution is -0.115. The van der Waals surface area contributed by atoms with Crippen molar-refractivity contribution >= 4 is 11.5 Å². The molecular weight excluding hydrogens is 188 g/mol. The van der Waals surface area contributed by atoms with Gasteiger partial charge in [0.1, 0.15) is 0 Å². The van der Waals surface area contributed by atoms with Crippen molar-refractivity contribution in [2.24, 2.45) is 5.92 Å². The van der Waals surface area contributed by atoms with Crippen LogP contribution in [0.3, 0.4) is 0 Å². The summed E-state index contributed by atoms with van der Waals surface area (Å²) in [7, 11) is 0. The first-order chi connectivity index (χ1) is 7.24. The van der Waals surface area contributed by atoms with Crippen LogP contribution in [-0.2, 0) is 4.79 Å². The predicted octanol–water partition coefficient (Wildman–Crippen LogP) is 2.03. The monoisotopic (exact) mass is 206 g/mol. The van der Waals surface area contributed by atoms with E-state index in [9.17, 15) is 4.79 Å². The van der Waals surface area contributed by atoms with Crippen LogP contribution in [0.5, 0.6) is 0 Å². The summed E-state index contributed by atoms with van der Waals surface area (Å²) < 4.78 is 0. The van der Waals surface area contributed by atoms with E-state index in [-0.39, 0.29) is 5.78 Å². The number of rotatable bonds is 3. The molecular formula is C12H18N2O. The third-order valence-electron chi connectivity index (χ3n) is 3.03. The number of ketones is 1. The van der Waals surface area contributed by atoms with Crippen LogP contribution in [0.1, 0.15) is 39.0 Å². The maximum atomic E-state index is 11.8. The molecule has 0 amide bonds. The Hall–Kier alpha value is -1.12. The molecule has 0 aromatic heterocycles. The highest BCUT2D eigenvalue weighted by molar-refractivity contribution is 6.23. The van der Waals surface area contributed by atoms with E-state index < -0.39 is 0 Å². The summed E-state index contributed by atoms with van der Waals surface area (Å²) in [6, 6.07) is 0. The molecule has 82 valence electrons. The molecule has 2 N–H and O–H groups in total. The minimum Gasteiger partial charge on any atom is -0.388 e. The Labute approximate surface area is 90.4 Å². The summed E-state index contributed by atoms with van der Waals surface area (Å²) in [4.78, 5) is 11.8. The lowest BCUT2D eigenvalue weighted by atomic mass is 9.89. The van der Waals surface area contributed by atoms with Gasteiger partial charge in [-0.2, -0.15) is 0 Å². The van der Waals surface area contributed by atoms with Gasteiger partial charge in [0.25, 0.3) is 0 Å². The van der Waals surface area contributed by atoms with Gasteiger partial charge in [0.15, 0.2) is 5.78 Å². The van der Waals surface area contributed by atoms with E-state index in [1.165, 1.54) is 12.8 Å². The summed E-state index contributed by atoms with van der Waals surface area (Å²) in [6.07, 6.45) is 4.59. The highest BCUT2D eigenvalue weighted by atomic mass is 16.1. The van der Waals surface area contributed by atoms with Gasteiger partial charge in [-0.3, -0.25) is 4.79 Å². The highest BCUT2D eigenvalue weighted by Gasteiger charge is 2.33. The fraction of sp³-hybridized carbons (Fsp3) is 0.667. The molecule has 0 aromatic rings. The van der Waals surface area contributed by atoms with Crippen LogP contribution in [-0.4, -0.2) is 18.0 Å². The van der Waals surface area contributed by atoms with Crippen LogP contribution < -0.4 is 5.32 Å². The third-order valence-corrected chi connectivity index (χ3v) is 3.03. The summed E-state index contributed by atoms with van der Waals surface area (Å²) in [5.41, 5.74) is 2.33. The number of allylic oxidation sites excluding steroid dienone is 2. The largest absolute Gasteiger partial charge is 0.388 e. The number of carbonyl (C=O) groups excluding carboxylic acids is 1. The van der Waals surface area contributed by atoms with Gasteiger partial charge >= 0.3 is 0 Å². The zero-order valence-corrected chi connectivity index (χ0v) is 9.23. The Balaban J connectivity index is 2.30. The van der Waals surface area contributed by atoms with Crippen molar-refractivity contribution in [3.8, 4) is 0 Å². The first-order valence-electron chi connectivity index (χ1n) is 5.83. The van der Waals surface area contributed by atoms with Crippen LogP contribution in [0.4, 0.5) is 0 Å². The number of hydrogen-bond acceptors (Lipinski definition) is 3. The molecule has 0 heterocycles. The Bertz CT molecular complexity index is 309. The average molecular weight is 206 g/mol. The SMILES string of the molecule is CCN/C(=C1\C(=N)CCCC1=O)C1CC1. The van der Waals surface area contributed by atoms with Crippen LogP contribution in [0.2, 0.25) is 0 Å². The predicted molar refractivity (Wildman–Crippen MR) is 60.0 cm³/mol. The lowest BCUT2D eigenvalue weighted by Crippen LogP contribution is -2.26. The summed E-state index contributed by atoms with van der Waals surface area (Å²) in [6.45, 7) is 2.88. The Morgan fingerprint density at radius 3 is 2.73 bits per heavy atom. The Morgan fingerprint density at radius 2 is 2.20 bits per heavy atom. The van der Waals surface area contributed by atoms with Gasteiger partial charge in [0, 0.05) is 24.4 Å². The molecule has 0 saturated heterocycles. The van der Waals surface area contributed by atoms with Crippen molar-refractivity contribution < 1.29 is 4.79 Å². The van der Waals surface area contributed by atoms with Crippen molar-refractivity contribution in [1.29, 1.82) is 5.41 Å². The minimum absolute atomic E-state index is 0.175. The van der Waals surface area contributed by atoms with E-state index in [4.69, 9.17) is 5.41 Å². The van der Waals surface area contributed by atoms with Crippen molar-refractivity contribution in [1.82, 2.24) is 5.32 Å². The summed E-state index contributed by atoms with van der Waals surface area (Å²) in [5.74, 6) is 0.705. The highest BCUT2D eigenvalue weighted by Crippen LogP contribution is 2.38. The third kappa shape index (κ3) is 2.11. The molecule has 3 nitrogen and oxygen atoms in total. The van der Waals surface area contributed by atoms with Gasteiger partial charge in [-0.25, -0.2) is 0 Å². The zero-order valence-electron chi connectivity index (χ0n) is 9.23. The standard InChI is InChI=1S/C12H18N2O/c1-2-14-12(8-6-7-8)11-9(13)4-3-5-10(11)15/h8,13-14H,2-7H2,1H3/b12-11+,13-9?. The molecule has 0 bridgehead atoms. The number of nitrogens with one attached hydrogen (secondary N) is 2. The van der Waals surface area contributed by atoms with Gasteiger partial charge in [-0.1, -0.05) is 0 Å². The Kier molecular flexibility index (Phi) is 2.89. The van der Waals surface area contributed by atoms with E-state index in [0.29, 0.717) is 23.6 Å². The maximum Gasteiger partial charge on any atom is 0.166 e. The normalized spacial score (nSPS) is 25.4. The number of Topliss-reactive ketones (excluding diaryl/α,β-unsaturated/α-hetero) is 1. The molecule has 0 atom stereocenters. The van der Waals surface area contributed by atoms with Gasteiger partial charge in [-0.15, -0.1) is 0 Å². The molecule has 2 saturated carbocycles. The van der Waals surface area contributed by atoms with Gasteiger partial charge in [0.05, 0.1) is 5.57 Å². The second-order valence-corrected chi connectivity index (χ2v) is 4.35. The van der Waals surface area contributed by atoms with E-state index in [1.807, 2.05) is 6.92 Å². The molecule has 0 aromatic carbocycles. The summed E-state index contributed by atoms with van der Waals surface area (Å²) >= 11 is 0. The fourth-order valence-corrected chi connectivity index (χ4v) is 2.16. The molecule has 2 fully saturated rings. The van der Waals surface area contributed by atoms with Crippen molar-refractivity contribution in [3.05, 3.63) is 11.3 Å². The van der Waals surface area contributed by atoms with Crippen LogP contribution in [0, 0.1) is 11.3 Å². The van der Waals surface area contributed by atoms with Gasteiger partial charge < -0.3 is 10.7 Å². The smallest absolute Gasteiger partial charge is 0.166 e. The number of hydrogen-bond donors (Lipinski definition) is 2. The molecule has 2 aliphatic rings. The first kappa shape index (κ1) is 10.4. The van der Waals surface area contributed by atoms with E-state index in [0.717, 1.165) is 25.1 Å². The summed E-state index contributed by atoms with van der Waals surface area (Å²) in [5, 5.41) is 11.2. The van der Waals surface area contributed by atoms with Crippen LogP contribution >= 0.6 is 0 Å². The second kappa shape index (κ2) is 4.17. The second-order valence-electron chi connectivity index (χ2n) is 4.35. The van der Waals surface area contributed by atoms with Crippen molar-refractivity contribution in [2.75, 3.05) is 6.54 Å². The van der Waals surface area contributed by atoms with E-state index in [1.54, 1.807) is 0 Å². The van der Waals surface area contributed by atoms with Gasteiger partial charge in [0.2, 0.25) is 0 Å². The van der Waals surface area contributed by atoms with Crippen molar-refractivity contribution in [2.45, 2.75) is 39.0 Å². The van der Waals surface area contributed by atoms with E-state index in [2.05, 4.69) is 5.32 Å². The fourth-order valence-electron chi connectivity index (χ4n) is 2.16. The van der Waals surface area contributed by atoms with Crippen molar-refractivity contribution in [3.63, 3.8) is 0 Å². The molecule has 2 rings (SSSR count). The zero-order chi connectivity index (χ0) is 10.8. The molecule has 0 aliphatic heterocycles. The topological polar surface area (TPSA) is 53.0 Å². The lowest BCUT2D eigenvalue weighted by Gasteiger charge is -2.19. The molecule has 0 radical (unpaired) electrons. The molecule has 3 heteroatoms. The maximum absolute atomic E-state index is 11.8. The number of carbonyl (C=O) groups is 1. The van der Waals surface area contributed by atoms with Crippen LogP contribution in [0.25, 0.3) is 0 Å². The molecule has 0 unspecified atom stereocenters. The van der Waals surface area contributed by atoms with E-state index >= 15 is 0 Å². The van der Waals surface area contributed by atoms with Gasteiger partial charge in [-0.05, 0) is 38.5 Å². The minimum atomic E-state index is 0.175. The molecule has 2 aliphatic carbocycles. The Morgan fingerprint density at radius 1 is 1.47 bits per heavy atom. The quantitative estimate of drug-likeness (QED) is 0.694. The molecule has 15 heavy (non-hydrogen) atoms.